The molecule has 1 aliphatic rings. The lowest BCUT2D eigenvalue weighted by atomic mass is 10.2. The van der Waals surface area contributed by atoms with Crippen LogP contribution < -0.4 is 10.6 Å². The lowest BCUT2D eigenvalue weighted by Gasteiger charge is -2.20. The van der Waals surface area contributed by atoms with Crippen molar-refractivity contribution in [3.63, 3.8) is 0 Å². The van der Waals surface area contributed by atoms with E-state index >= 15 is 0 Å². The molecule has 0 atom stereocenters. The highest BCUT2D eigenvalue weighted by Gasteiger charge is 2.08. The molecule has 0 aliphatic carbocycles. The lowest BCUT2D eigenvalue weighted by molar-refractivity contribution is 0.0733. The third kappa shape index (κ3) is 9.97. The number of hydrogen-bond donors (Lipinski definition) is 2. The molecule has 0 radical (unpaired) electrons. The Morgan fingerprint density at radius 1 is 1.00 bits per heavy atom. The molecule has 1 fully saturated rings. The van der Waals surface area contributed by atoms with Crippen molar-refractivity contribution in [1.82, 2.24) is 15.5 Å². The van der Waals surface area contributed by atoms with Gasteiger partial charge in [0.1, 0.15) is 0 Å². The molecule has 1 heterocycles. The minimum absolute atomic E-state index is 0.639. The van der Waals surface area contributed by atoms with Gasteiger partial charge in [-0.25, -0.2) is 0 Å². The molecular weight excluding hydrogens is 280 g/mol. The fraction of sp³-hybridized carbons (Fsp3) is 0.938. The molecule has 0 aromatic carbocycles. The molecule has 6 heteroatoms. The van der Waals surface area contributed by atoms with E-state index < -0.39 is 0 Å². The van der Waals surface area contributed by atoms with Gasteiger partial charge in [-0.1, -0.05) is 12.8 Å². The fourth-order valence-corrected chi connectivity index (χ4v) is 2.58. The Morgan fingerprint density at radius 2 is 1.73 bits per heavy atom. The molecule has 0 saturated carbocycles. The highest BCUT2D eigenvalue weighted by atomic mass is 16.5. The Kier molecular flexibility index (Phi) is 12.0. The Balaban J connectivity index is 1.98. The number of guanidine groups is 1. The minimum Gasteiger partial charge on any atom is -0.382 e. The average molecular weight is 314 g/mol. The zero-order valence-electron chi connectivity index (χ0n) is 14.4. The molecule has 1 saturated heterocycles. The Morgan fingerprint density at radius 3 is 2.41 bits per heavy atom. The van der Waals surface area contributed by atoms with Crippen molar-refractivity contribution in [2.45, 2.75) is 32.1 Å². The van der Waals surface area contributed by atoms with Crippen LogP contribution in [0.25, 0.3) is 0 Å². The van der Waals surface area contributed by atoms with Crippen LogP contribution in [-0.4, -0.2) is 77.6 Å². The number of ether oxygens (including phenoxy) is 2. The number of methoxy groups -OCH3 is 1. The third-order valence-electron chi connectivity index (χ3n) is 3.84. The molecule has 0 spiro atoms. The van der Waals surface area contributed by atoms with Crippen molar-refractivity contribution in [1.29, 1.82) is 0 Å². The first-order valence-corrected chi connectivity index (χ1v) is 8.60. The molecular formula is C16H34N4O2. The number of hydrogen-bond acceptors (Lipinski definition) is 4. The molecule has 0 amide bonds. The summed E-state index contributed by atoms with van der Waals surface area (Å²) in [5, 5.41) is 6.61. The van der Waals surface area contributed by atoms with Gasteiger partial charge in [-0.15, -0.1) is 0 Å². The first-order chi connectivity index (χ1) is 10.9. The van der Waals surface area contributed by atoms with E-state index in [9.17, 15) is 0 Å². The van der Waals surface area contributed by atoms with Crippen molar-refractivity contribution in [2.24, 2.45) is 4.99 Å². The quantitative estimate of drug-likeness (QED) is 0.359. The largest absolute Gasteiger partial charge is 0.382 e. The van der Waals surface area contributed by atoms with E-state index in [2.05, 4.69) is 20.5 Å². The molecule has 130 valence electrons. The highest BCUT2D eigenvalue weighted by molar-refractivity contribution is 5.79. The van der Waals surface area contributed by atoms with Crippen molar-refractivity contribution < 1.29 is 9.47 Å². The second-order valence-electron chi connectivity index (χ2n) is 5.64. The van der Waals surface area contributed by atoms with Crippen LogP contribution in [-0.2, 0) is 9.47 Å². The standard InChI is InChI=1S/C16H34N4O2/c1-17-16(19-9-13-22-15-14-21-2)18-8-7-12-20-10-5-3-4-6-11-20/h3-15H2,1-2H3,(H2,17,18,19). The normalized spacial score (nSPS) is 17.3. The van der Waals surface area contributed by atoms with E-state index in [1.165, 1.54) is 45.3 Å². The van der Waals surface area contributed by atoms with Gasteiger partial charge in [-0.05, 0) is 38.9 Å². The van der Waals surface area contributed by atoms with Gasteiger partial charge in [0.2, 0.25) is 0 Å². The van der Waals surface area contributed by atoms with Crippen LogP contribution >= 0.6 is 0 Å². The minimum atomic E-state index is 0.639. The van der Waals surface area contributed by atoms with Gasteiger partial charge in [-0.3, -0.25) is 4.99 Å². The second-order valence-corrected chi connectivity index (χ2v) is 5.64. The summed E-state index contributed by atoms with van der Waals surface area (Å²) >= 11 is 0. The van der Waals surface area contributed by atoms with Crippen LogP contribution in [0.4, 0.5) is 0 Å². The van der Waals surface area contributed by atoms with E-state index in [1.807, 2.05) is 0 Å². The van der Waals surface area contributed by atoms with Gasteiger partial charge >= 0.3 is 0 Å². The molecule has 2 N–H and O–H groups in total. The average Bonchev–Trinajstić information content (AvgIpc) is 2.81. The summed E-state index contributed by atoms with van der Waals surface area (Å²) in [5.74, 6) is 0.853. The van der Waals surface area contributed by atoms with Crippen molar-refractivity contribution in [3.05, 3.63) is 0 Å². The van der Waals surface area contributed by atoms with Gasteiger partial charge in [-0.2, -0.15) is 0 Å². The first kappa shape index (κ1) is 19.2. The Labute approximate surface area is 135 Å². The summed E-state index contributed by atoms with van der Waals surface area (Å²) in [5.41, 5.74) is 0. The summed E-state index contributed by atoms with van der Waals surface area (Å²) in [7, 11) is 3.48. The van der Waals surface area contributed by atoms with Crippen LogP contribution in [0.1, 0.15) is 32.1 Å². The number of aliphatic imine (C=N–C) groups is 1. The Bertz CT molecular complexity index is 279. The summed E-state index contributed by atoms with van der Waals surface area (Å²) in [6.07, 6.45) is 6.68. The second kappa shape index (κ2) is 13.8. The molecule has 0 bridgehead atoms. The van der Waals surface area contributed by atoms with Crippen LogP contribution in [0.15, 0.2) is 4.99 Å². The Hall–Kier alpha value is -0.850. The van der Waals surface area contributed by atoms with Crippen LogP contribution in [0, 0.1) is 0 Å². The molecule has 22 heavy (non-hydrogen) atoms. The van der Waals surface area contributed by atoms with Crippen molar-refractivity contribution >= 4 is 5.96 Å². The van der Waals surface area contributed by atoms with E-state index in [-0.39, 0.29) is 0 Å². The van der Waals surface area contributed by atoms with E-state index in [1.54, 1.807) is 14.2 Å². The molecule has 6 nitrogen and oxygen atoms in total. The van der Waals surface area contributed by atoms with Crippen LogP contribution in [0.2, 0.25) is 0 Å². The predicted molar refractivity (Wildman–Crippen MR) is 91.6 cm³/mol. The van der Waals surface area contributed by atoms with E-state index in [4.69, 9.17) is 9.47 Å². The fourth-order valence-electron chi connectivity index (χ4n) is 2.58. The molecule has 0 aromatic heterocycles. The molecule has 1 rings (SSSR count). The van der Waals surface area contributed by atoms with Gasteiger partial charge in [0, 0.05) is 27.2 Å². The maximum absolute atomic E-state index is 5.41. The monoisotopic (exact) mass is 314 g/mol. The number of nitrogens with zero attached hydrogens (tertiary/aromatic N) is 2. The van der Waals surface area contributed by atoms with Crippen molar-refractivity contribution in [3.8, 4) is 0 Å². The molecule has 1 aliphatic heterocycles. The van der Waals surface area contributed by atoms with Gasteiger partial charge in [0.05, 0.1) is 19.8 Å². The summed E-state index contributed by atoms with van der Waals surface area (Å²) in [4.78, 5) is 6.81. The number of likely N-dealkylation sites (tertiary alicyclic amines) is 1. The lowest BCUT2D eigenvalue weighted by Crippen LogP contribution is -2.40. The number of rotatable bonds is 10. The predicted octanol–water partition coefficient (Wildman–Crippen LogP) is 1.08. The first-order valence-electron chi connectivity index (χ1n) is 8.60. The molecule has 0 unspecified atom stereocenters. The summed E-state index contributed by atoms with van der Waals surface area (Å²) < 4.78 is 10.3. The zero-order valence-corrected chi connectivity index (χ0v) is 14.4. The SMILES string of the molecule is CN=C(NCCCN1CCCCCC1)NCCOCCOC. The van der Waals surface area contributed by atoms with Crippen LogP contribution in [0.5, 0.6) is 0 Å². The van der Waals surface area contributed by atoms with E-state index in [0.717, 1.165) is 25.5 Å². The number of nitrogens with one attached hydrogen (secondary N) is 2. The van der Waals surface area contributed by atoms with Gasteiger partial charge in [0.25, 0.3) is 0 Å². The third-order valence-corrected chi connectivity index (χ3v) is 3.84. The van der Waals surface area contributed by atoms with Gasteiger partial charge in [0.15, 0.2) is 5.96 Å². The van der Waals surface area contributed by atoms with E-state index in [0.29, 0.717) is 19.8 Å². The smallest absolute Gasteiger partial charge is 0.191 e. The van der Waals surface area contributed by atoms with Crippen LogP contribution in [0.3, 0.4) is 0 Å². The molecule has 0 aromatic rings. The zero-order chi connectivity index (χ0) is 15.9. The highest BCUT2D eigenvalue weighted by Crippen LogP contribution is 2.09. The summed E-state index contributed by atoms with van der Waals surface area (Å²) in [6, 6.07) is 0. The maximum Gasteiger partial charge on any atom is 0.191 e. The maximum atomic E-state index is 5.41. The van der Waals surface area contributed by atoms with Gasteiger partial charge < -0.3 is 25.0 Å². The topological polar surface area (TPSA) is 58.1 Å². The van der Waals surface area contributed by atoms with Crippen molar-refractivity contribution in [2.75, 3.05) is 66.7 Å². The summed E-state index contributed by atoms with van der Waals surface area (Å²) in [6.45, 7) is 7.39.